The van der Waals surface area contributed by atoms with E-state index in [2.05, 4.69) is 45.0 Å². The predicted molar refractivity (Wildman–Crippen MR) is 76.0 cm³/mol. The summed E-state index contributed by atoms with van der Waals surface area (Å²) in [5.41, 5.74) is 7.84. The van der Waals surface area contributed by atoms with Crippen LogP contribution in [0.4, 0.5) is 0 Å². The highest BCUT2D eigenvalue weighted by Crippen LogP contribution is 2.53. The second-order valence-corrected chi connectivity index (χ2v) is 5.67. The van der Waals surface area contributed by atoms with Crippen molar-refractivity contribution >= 4 is 0 Å². The van der Waals surface area contributed by atoms with Crippen LogP contribution in [0.5, 0.6) is 5.75 Å². The lowest BCUT2D eigenvalue weighted by atomic mass is 9.54. The Morgan fingerprint density at radius 1 is 1.28 bits per heavy atom. The average Bonchev–Trinajstić information content (AvgIpc) is 2.42. The lowest BCUT2D eigenvalue weighted by molar-refractivity contribution is 0.0705. The normalized spacial score (nSPS) is 30.9. The monoisotopic (exact) mass is 247 g/mol. The summed E-state index contributed by atoms with van der Waals surface area (Å²) in [5, 5.41) is 0. The Balaban J connectivity index is 2.06. The maximum Gasteiger partial charge on any atom is 0.119 e. The molecule has 0 bridgehead atoms. The minimum atomic E-state index is 0.270. The van der Waals surface area contributed by atoms with E-state index in [1.165, 1.54) is 5.56 Å². The zero-order valence-corrected chi connectivity index (χ0v) is 11.8. The lowest BCUT2D eigenvalue weighted by Crippen LogP contribution is -2.54. The highest BCUT2D eigenvalue weighted by Gasteiger charge is 2.48. The highest BCUT2D eigenvalue weighted by molar-refractivity contribution is 5.33. The van der Waals surface area contributed by atoms with Crippen LogP contribution in [0.25, 0.3) is 0 Å². The molecule has 18 heavy (non-hydrogen) atoms. The van der Waals surface area contributed by atoms with Crippen LogP contribution in [-0.2, 0) is 0 Å². The van der Waals surface area contributed by atoms with E-state index in [0.717, 1.165) is 31.6 Å². The second-order valence-electron chi connectivity index (χ2n) is 5.67. The molecule has 0 radical (unpaired) electrons. The van der Waals surface area contributed by atoms with Crippen LogP contribution in [0.2, 0.25) is 0 Å². The van der Waals surface area contributed by atoms with Gasteiger partial charge in [0.15, 0.2) is 0 Å². The Labute approximate surface area is 111 Å². The summed E-state index contributed by atoms with van der Waals surface area (Å²) in [6, 6.07) is 8.93. The third-order valence-electron chi connectivity index (χ3n) is 4.65. The zero-order valence-electron chi connectivity index (χ0n) is 11.8. The van der Waals surface area contributed by atoms with E-state index in [0.29, 0.717) is 12.0 Å². The van der Waals surface area contributed by atoms with Crippen LogP contribution in [0.1, 0.15) is 51.5 Å². The van der Waals surface area contributed by atoms with Crippen LogP contribution in [0.15, 0.2) is 24.3 Å². The second kappa shape index (κ2) is 5.31. The zero-order chi connectivity index (χ0) is 13.2. The smallest absolute Gasteiger partial charge is 0.119 e. The summed E-state index contributed by atoms with van der Waals surface area (Å²) in [7, 11) is 0. The molecule has 2 nitrogen and oxygen atoms in total. The molecule has 100 valence electrons. The SMILES string of the molecule is CCCOc1ccc(C2CC(N)C2(C)CC)cc1. The van der Waals surface area contributed by atoms with E-state index >= 15 is 0 Å². The summed E-state index contributed by atoms with van der Waals surface area (Å²) in [4.78, 5) is 0. The van der Waals surface area contributed by atoms with Crippen LogP contribution >= 0.6 is 0 Å². The number of benzene rings is 1. The first-order valence-electron chi connectivity index (χ1n) is 7.10. The molecule has 0 spiro atoms. The molecule has 2 heteroatoms. The minimum absolute atomic E-state index is 0.270. The molecule has 1 aromatic rings. The lowest BCUT2D eigenvalue weighted by Gasteiger charge is -2.53. The van der Waals surface area contributed by atoms with Gasteiger partial charge >= 0.3 is 0 Å². The van der Waals surface area contributed by atoms with Gasteiger partial charge in [0.25, 0.3) is 0 Å². The molecule has 1 fully saturated rings. The van der Waals surface area contributed by atoms with Gasteiger partial charge in [-0.05, 0) is 48.3 Å². The van der Waals surface area contributed by atoms with Crippen LogP contribution in [0, 0.1) is 5.41 Å². The molecule has 0 amide bonds. The van der Waals surface area contributed by atoms with Gasteiger partial charge in [0.2, 0.25) is 0 Å². The maximum absolute atomic E-state index is 6.17. The summed E-state index contributed by atoms with van der Waals surface area (Å²) < 4.78 is 5.62. The first-order valence-corrected chi connectivity index (χ1v) is 7.10. The van der Waals surface area contributed by atoms with Gasteiger partial charge in [-0.3, -0.25) is 0 Å². The first-order chi connectivity index (χ1) is 8.61. The number of nitrogens with two attached hydrogens (primary N) is 1. The van der Waals surface area contributed by atoms with Gasteiger partial charge in [-0.25, -0.2) is 0 Å². The largest absolute Gasteiger partial charge is 0.494 e. The van der Waals surface area contributed by atoms with Gasteiger partial charge in [-0.15, -0.1) is 0 Å². The molecule has 0 heterocycles. The van der Waals surface area contributed by atoms with Gasteiger partial charge in [-0.2, -0.15) is 0 Å². The predicted octanol–water partition coefficient (Wildman–Crippen LogP) is 3.71. The molecule has 1 aromatic carbocycles. The molecule has 0 aromatic heterocycles. The summed E-state index contributed by atoms with van der Waals surface area (Å²) in [6.07, 6.45) is 3.31. The van der Waals surface area contributed by atoms with E-state index in [9.17, 15) is 0 Å². The number of ether oxygens (including phenoxy) is 1. The Morgan fingerprint density at radius 2 is 1.94 bits per heavy atom. The fourth-order valence-corrected chi connectivity index (χ4v) is 2.93. The summed E-state index contributed by atoms with van der Waals surface area (Å²) >= 11 is 0. The molecule has 1 aliphatic carbocycles. The number of rotatable bonds is 5. The van der Waals surface area contributed by atoms with Gasteiger partial charge in [0, 0.05) is 6.04 Å². The Hall–Kier alpha value is -1.02. The topological polar surface area (TPSA) is 35.2 Å². The van der Waals surface area contributed by atoms with E-state index in [4.69, 9.17) is 10.5 Å². The van der Waals surface area contributed by atoms with Gasteiger partial charge in [-0.1, -0.05) is 32.9 Å². The molecule has 3 atom stereocenters. The fraction of sp³-hybridized carbons (Fsp3) is 0.625. The molecular formula is C16H25NO. The van der Waals surface area contributed by atoms with Crippen LogP contribution in [-0.4, -0.2) is 12.6 Å². The summed E-state index contributed by atoms with van der Waals surface area (Å²) in [6.45, 7) is 7.47. The Bertz CT molecular complexity index is 387. The molecular weight excluding hydrogens is 222 g/mol. The highest BCUT2D eigenvalue weighted by atomic mass is 16.5. The quantitative estimate of drug-likeness (QED) is 0.861. The van der Waals surface area contributed by atoms with Crippen LogP contribution in [0.3, 0.4) is 0 Å². The van der Waals surface area contributed by atoms with Gasteiger partial charge < -0.3 is 10.5 Å². The first kappa shape index (κ1) is 13.4. The molecule has 2 N–H and O–H groups in total. The molecule has 3 unspecified atom stereocenters. The van der Waals surface area contributed by atoms with Crippen LogP contribution < -0.4 is 10.5 Å². The van der Waals surface area contributed by atoms with E-state index in [-0.39, 0.29) is 5.41 Å². The molecule has 1 saturated carbocycles. The third kappa shape index (κ3) is 2.26. The number of hydrogen-bond donors (Lipinski definition) is 1. The average molecular weight is 247 g/mol. The standard InChI is InChI=1S/C16H25NO/c1-4-10-18-13-8-6-12(7-9-13)14-11-15(17)16(14,3)5-2/h6-9,14-15H,4-5,10-11,17H2,1-3H3. The van der Waals surface area contributed by atoms with E-state index < -0.39 is 0 Å². The Morgan fingerprint density at radius 3 is 2.44 bits per heavy atom. The van der Waals surface area contributed by atoms with Crippen molar-refractivity contribution in [2.75, 3.05) is 6.61 Å². The van der Waals surface area contributed by atoms with Crippen molar-refractivity contribution in [3.8, 4) is 5.75 Å². The molecule has 1 aliphatic rings. The van der Waals surface area contributed by atoms with Crippen molar-refractivity contribution in [1.82, 2.24) is 0 Å². The fourth-order valence-electron chi connectivity index (χ4n) is 2.93. The van der Waals surface area contributed by atoms with Crippen molar-refractivity contribution in [2.24, 2.45) is 11.1 Å². The molecule has 0 aliphatic heterocycles. The third-order valence-corrected chi connectivity index (χ3v) is 4.65. The van der Waals surface area contributed by atoms with Gasteiger partial charge in [0.1, 0.15) is 5.75 Å². The van der Waals surface area contributed by atoms with Crippen molar-refractivity contribution in [3.63, 3.8) is 0 Å². The van der Waals surface area contributed by atoms with Gasteiger partial charge in [0.05, 0.1) is 6.61 Å². The van der Waals surface area contributed by atoms with E-state index in [1.54, 1.807) is 0 Å². The molecule has 0 saturated heterocycles. The molecule has 2 rings (SSSR count). The Kier molecular flexibility index (Phi) is 3.96. The van der Waals surface area contributed by atoms with Crippen molar-refractivity contribution in [2.45, 2.75) is 52.0 Å². The minimum Gasteiger partial charge on any atom is -0.494 e. The van der Waals surface area contributed by atoms with Crippen molar-refractivity contribution in [1.29, 1.82) is 0 Å². The maximum atomic E-state index is 6.17. The van der Waals surface area contributed by atoms with E-state index in [1.807, 2.05) is 0 Å². The summed E-state index contributed by atoms with van der Waals surface area (Å²) in [5.74, 6) is 1.58. The number of hydrogen-bond acceptors (Lipinski definition) is 2. The van der Waals surface area contributed by atoms with Crippen molar-refractivity contribution < 1.29 is 4.74 Å². The van der Waals surface area contributed by atoms with Crippen molar-refractivity contribution in [3.05, 3.63) is 29.8 Å².